The molecule has 0 saturated carbocycles. The van der Waals surface area contributed by atoms with Crippen molar-refractivity contribution in [2.45, 2.75) is 49.7 Å². The van der Waals surface area contributed by atoms with Crippen LogP contribution in [-0.4, -0.2) is 55.4 Å². The van der Waals surface area contributed by atoms with Gasteiger partial charge in [0.15, 0.2) is 0 Å². The average Bonchev–Trinajstić information content (AvgIpc) is 2.87. The van der Waals surface area contributed by atoms with E-state index < -0.39 is 15.7 Å². The standard InChI is InChI=1S/C18H26ClN3O3S/c1-4-13(2)16-17(23)21(3)18(20-16)9-11-22(12-10-18)26(24,25)15-7-5-14(19)6-8-15/h5-8,13,16,20H,4,9-12H2,1-3H3. The molecule has 26 heavy (non-hydrogen) atoms. The molecule has 0 aromatic heterocycles. The molecule has 1 N–H and O–H groups in total. The molecule has 1 amide bonds. The summed E-state index contributed by atoms with van der Waals surface area (Å²) in [5.74, 6) is 0.355. The van der Waals surface area contributed by atoms with Gasteiger partial charge in [-0.25, -0.2) is 8.42 Å². The molecule has 144 valence electrons. The summed E-state index contributed by atoms with van der Waals surface area (Å²) in [5, 5.41) is 4.02. The molecule has 2 aliphatic heterocycles. The van der Waals surface area contributed by atoms with Crippen LogP contribution < -0.4 is 5.32 Å². The number of rotatable bonds is 4. The van der Waals surface area contributed by atoms with Crippen molar-refractivity contribution < 1.29 is 13.2 Å². The summed E-state index contributed by atoms with van der Waals surface area (Å²) >= 11 is 5.86. The number of carbonyl (C=O) groups is 1. The fourth-order valence-corrected chi connectivity index (χ4v) is 5.39. The van der Waals surface area contributed by atoms with E-state index in [2.05, 4.69) is 19.2 Å². The number of piperidine rings is 1. The second-order valence-corrected chi connectivity index (χ2v) is 9.67. The minimum Gasteiger partial charge on any atom is -0.326 e. The number of hydrogen-bond acceptors (Lipinski definition) is 4. The summed E-state index contributed by atoms with van der Waals surface area (Å²) in [7, 11) is -1.73. The van der Waals surface area contributed by atoms with Gasteiger partial charge in [0, 0.05) is 25.2 Å². The summed E-state index contributed by atoms with van der Waals surface area (Å²) in [5.41, 5.74) is -0.447. The van der Waals surface area contributed by atoms with Crippen molar-refractivity contribution in [3.63, 3.8) is 0 Å². The third kappa shape index (κ3) is 3.26. The van der Waals surface area contributed by atoms with Crippen LogP contribution in [0.1, 0.15) is 33.1 Å². The molecule has 6 nitrogen and oxygen atoms in total. The minimum absolute atomic E-state index is 0.105. The quantitative estimate of drug-likeness (QED) is 0.843. The van der Waals surface area contributed by atoms with Crippen molar-refractivity contribution >= 4 is 27.5 Å². The molecule has 1 spiro atoms. The normalized spacial score (nSPS) is 25.0. The van der Waals surface area contributed by atoms with Crippen LogP contribution in [0.25, 0.3) is 0 Å². The molecular formula is C18H26ClN3O3S. The van der Waals surface area contributed by atoms with Crippen LogP contribution in [0.2, 0.25) is 5.02 Å². The van der Waals surface area contributed by atoms with Gasteiger partial charge in [0.25, 0.3) is 0 Å². The van der Waals surface area contributed by atoms with Crippen LogP contribution in [0.5, 0.6) is 0 Å². The van der Waals surface area contributed by atoms with Gasteiger partial charge in [0.05, 0.1) is 16.6 Å². The highest BCUT2D eigenvalue weighted by Crippen LogP contribution is 2.35. The van der Waals surface area contributed by atoms with Crippen LogP contribution in [0.4, 0.5) is 0 Å². The first kappa shape index (κ1) is 19.6. The Morgan fingerprint density at radius 3 is 2.38 bits per heavy atom. The summed E-state index contributed by atoms with van der Waals surface area (Å²) in [4.78, 5) is 14.7. The zero-order valence-electron chi connectivity index (χ0n) is 15.4. The Hall–Kier alpha value is -1.15. The number of amides is 1. The van der Waals surface area contributed by atoms with E-state index in [1.54, 1.807) is 17.0 Å². The number of nitrogens with zero attached hydrogens (tertiary/aromatic N) is 2. The molecule has 0 aliphatic carbocycles. The average molecular weight is 400 g/mol. The van der Waals surface area contributed by atoms with E-state index in [0.29, 0.717) is 31.0 Å². The highest BCUT2D eigenvalue weighted by Gasteiger charge is 2.51. The predicted octanol–water partition coefficient (Wildman–Crippen LogP) is 2.30. The van der Waals surface area contributed by atoms with Gasteiger partial charge in [0.1, 0.15) is 0 Å². The minimum atomic E-state index is -3.55. The molecule has 2 saturated heterocycles. The maximum Gasteiger partial charge on any atom is 0.243 e. The molecular weight excluding hydrogens is 374 g/mol. The van der Waals surface area contributed by atoms with Crippen molar-refractivity contribution in [1.82, 2.24) is 14.5 Å². The Morgan fingerprint density at radius 1 is 1.27 bits per heavy atom. The molecule has 0 bridgehead atoms. The largest absolute Gasteiger partial charge is 0.326 e. The summed E-state index contributed by atoms with van der Waals surface area (Å²) in [6, 6.07) is 6.04. The monoisotopic (exact) mass is 399 g/mol. The second kappa shape index (κ2) is 7.11. The van der Waals surface area contributed by atoms with E-state index in [-0.39, 0.29) is 22.8 Å². The molecule has 8 heteroatoms. The van der Waals surface area contributed by atoms with Crippen molar-refractivity contribution in [2.24, 2.45) is 5.92 Å². The van der Waals surface area contributed by atoms with Crippen molar-refractivity contribution in [3.05, 3.63) is 29.3 Å². The van der Waals surface area contributed by atoms with Gasteiger partial charge in [-0.1, -0.05) is 31.9 Å². The van der Waals surface area contributed by atoms with Gasteiger partial charge in [-0.15, -0.1) is 0 Å². The van der Waals surface area contributed by atoms with Gasteiger partial charge in [-0.3, -0.25) is 10.1 Å². The smallest absolute Gasteiger partial charge is 0.243 e. The van der Waals surface area contributed by atoms with Gasteiger partial charge >= 0.3 is 0 Å². The first-order chi connectivity index (χ1) is 12.2. The van der Waals surface area contributed by atoms with Crippen LogP contribution in [-0.2, 0) is 14.8 Å². The van der Waals surface area contributed by atoms with Gasteiger partial charge in [0.2, 0.25) is 15.9 Å². The Kier molecular flexibility index (Phi) is 5.36. The van der Waals surface area contributed by atoms with Crippen molar-refractivity contribution in [1.29, 1.82) is 0 Å². The van der Waals surface area contributed by atoms with Crippen molar-refractivity contribution in [2.75, 3.05) is 20.1 Å². The highest BCUT2D eigenvalue weighted by molar-refractivity contribution is 7.89. The molecule has 2 unspecified atom stereocenters. The van der Waals surface area contributed by atoms with Gasteiger partial charge in [-0.2, -0.15) is 4.31 Å². The molecule has 1 aromatic rings. The van der Waals surface area contributed by atoms with Gasteiger partial charge < -0.3 is 4.90 Å². The predicted molar refractivity (Wildman–Crippen MR) is 101 cm³/mol. The van der Waals surface area contributed by atoms with E-state index >= 15 is 0 Å². The number of carbonyl (C=O) groups excluding carboxylic acids is 1. The third-order valence-electron chi connectivity index (χ3n) is 5.88. The topological polar surface area (TPSA) is 69.7 Å². The first-order valence-corrected chi connectivity index (χ1v) is 10.8. The molecule has 2 heterocycles. The van der Waals surface area contributed by atoms with Gasteiger partial charge in [-0.05, 0) is 43.0 Å². The Morgan fingerprint density at radius 2 is 1.85 bits per heavy atom. The highest BCUT2D eigenvalue weighted by atomic mass is 35.5. The number of benzene rings is 1. The first-order valence-electron chi connectivity index (χ1n) is 9.02. The zero-order valence-corrected chi connectivity index (χ0v) is 17.0. The van der Waals surface area contributed by atoms with E-state index in [1.807, 2.05) is 7.05 Å². The molecule has 2 aliphatic rings. The SMILES string of the molecule is CCC(C)C1NC2(CCN(S(=O)(=O)c3ccc(Cl)cc3)CC2)N(C)C1=O. The number of nitrogens with one attached hydrogen (secondary N) is 1. The zero-order chi connectivity index (χ0) is 19.1. The van der Waals surface area contributed by atoms with Crippen molar-refractivity contribution in [3.8, 4) is 0 Å². The third-order valence-corrected chi connectivity index (χ3v) is 8.04. The summed E-state index contributed by atoms with van der Waals surface area (Å²) < 4.78 is 27.2. The number of sulfonamides is 1. The molecule has 2 atom stereocenters. The van der Waals surface area contributed by atoms with E-state index in [9.17, 15) is 13.2 Å². The number of likely N-dealkylation sites (N-methyl/N-ethyl adjacent to an activating group) is 1. The summed E-state index contributed by atoms with van der Waals surface area (Å²) in [6.45, 7) is 4.90. The second-order valence-electron chi connectivity index (χ2n) is 7.29. The van der Waals surface area contributed by atoms with E-state index in [4.69, 9.17) is 11.6 Å². The number of halogens is 1. The van der Waals surface area contributed by atoms with Crippen LogP contribution in [0.15, 0.2) is 29.2 Å². The number of hydrogen-bond donors (Lipinski definition) is 1. The molecule has 0 radical (unpaired) electrons. The maximum absolute atomic E-state index is 12.8. The lowest BCUT2D eigenvalue weighted by molar-refractivity contribution is -0.132. The maximum atomic E-state index is 12.8. The Balaban J connectivity index is 1.75. The molecule has 1 aromatic carbocycles. The van der Waals surface area contributed by atoms with Crippen LogP contribution in [0, 0.1) is 5.92 Å². The van der Waals surface area contributed by atoms with Crippen LogP contribution in [0.3, 0.4) is 0 Å². The Labute approximate surface area is 160 Å². The lowest BCUT2D eigenvalue weighted by atomic mass is 9.96. The molecule has 3 rings (SSSR count). The Bertz CT molecular complexity index is 773. The lowest BCUT2D eigenvalue weighted by Gasteiger charge is -2.42. The fourth-order valence-electron chi connectivity index (χ4n) is 3.82. The fraction of sp³-hybridized carbons (Fsp3) is 0.611. The van der Waals surface area contributed by atoms with Crippen LogP contribution >= 0.6 is 11.6 Å². The summed E-state index contributed by atoms with van der Waals surface area (Å²) in [6.07, 6.45) is 2.08. The van der Waals surface area contributed by atoms with E-state index in [1.165, 1.54) is 16.4 Å². The lowest BCUT2D eigenvalue weighted by Crippen LogP contribution is -2.58. The van der Waals surface area contributed by atoms with E-state index in [0.717, 1.165) is 6.42 Å². The molecule has 2 fully saturated rings.